The molecular formula is C14H10BNO7. The van der Waals surface area contributed by atoms with Gasteiger partial charge in [-0.3, -0.25) is 0 Å². The number of ether oxygens (including phenoxy) is 1. The van der Waals surface area contributed by atoms with E-state index in [-0.39, 0.29) is 12.5 Å². The highest BCUT2D eigenvalue weighted by Crippen LogP contribution is 2.23. The lowest BCUT2D eigenvalue weighted by atomic mass is 9.80. The second kappa shape index (κ2) is 5.71. The topological polar surface area (TPSA) is 126 Å². The Morgan fingerprint density at radius 2 is 1.96 bits per heavy atom. The van der Waals surface area contributed by atoms with Crippen LogP contribution < -0.4 is 10.2 Å². The molecule has 0 saturated carbocycles. The van der Waals surface area contributed by atoms with Gasteiger partial charge in [0.15, 0.2) is 5.69 Å². The van der Waals surface area contributed by atoms with Crippen molar-refractivity contribution in [2.75, 3.05) is 0 Å². The van der Waals surface area contributed by atoms with Crippen LogP contribution in [-0.4, -0.2) is 39.3 Å². The highest BCUT2D eigenvalue weighted by molar-refractivity contribution is 6.61. The number of carboxylic acids is 2. The second-order valence-corrected chi connectivity index (χ2v) is 4.78. The third kappa shape index (κ3) is 2.87. The Bertz CT molecular complexity index is 808. The maximum Gasteiger partial charge on any atom is 0.491 e. The molecule has 0 spiro atoms. The molecule has 116 valence electrons. The van der Waals surface area contributed by atoms with E-state index in [1.165, 1.54) is 6.07 Å². The Kier molecular flexibility index (Phi) is 3.72. The number of carboxylic acid groups (broad SMARTS) is 2. The molecule has 2 heterocycles. The zero-order valence-electron chi connectivity index (χ0n) is 11.6. The number of fused-ring (bicyclic) bond motifs is 1. The lowest BCUT2D eigenvalue weighted by molar-refractivity contribution is 0.0645. The van der Waals surface area contributed by atoms with E-state index in [1.54, 1.807) is 18.2 Å². The largest absolute Gasteiger partial charge is 0.491 e. The van der Waals surface area contributed by atoms with Crippen LogP contribution in [0.3, 0.4) is 0 Å². The fraction of sp³-hybridized carbons (Fsp3) is 0.0714. The highest BCUT2D eigenvalue weighted by atomic mass is 16.5. The number of rotatable bonds is 4. The number of hydrogen-bond acceptors (Lipinski definition) is 6. The van der Waals surface area contributed by atoms with Crippen LogP contribution in [0.15, 0.2) is 30.3 Å². The van der Waals surface area contributed by atoms with Gasteiger partial charge in [-0.05, 0) is 29.2 Å². The predicted molar refractivity (Wildman–Crippen MR) is 77.1 cm³/mol. The first-order valence-electron chi connectivity index (χ1n) is 6.53. The summed E-state index contributed by atoms with van der Waals surface area (Å²) in [4.78, 5) is 25.8. The number of hydrogen-bond donors (Lipinski definition) is 3. The van der Waals surface area contributed by atoms with E-state index >= 15 is 0 Å². The molecule has 2 aromatic rings. The van der Waals surface area contributed by atoms with Crippen molar-refractivity contribution in [3.63, 3.8) is 0 Å². The minimum Gasteiger partial charge on any atom is -0.478 e. The van der Waals surface area contributed by atoms with E-state index in [2.05, 4.69) is 4.98 Å². The van der Waals surface area contributed by atoms with Gasteiger partial charge >= 0.3 is 19.1 Å². The molecule has 0 unspecified atom stereocenters. The van der Waals surface area contributed by atoms with Gasteiger partial charge in [0, 0.05) is 6.07 Å². The summed E-state index contributed by atoms with van der Waals surface area (Å²) in [6.07, 6.45) is 0. The van der Waals surface area contributed by atoms with Gasteiger partial charge in [0.25, 0.3) is 0 Å². The number of pyridine rings is 1. The minimum atomic E-state index is -1.46. The number of carbonyl (C=O) groups is 2. The summed E-state index contributed by atoms with van der Waals surface area (Å²) in [6.45, 7) is 0.236. The summed E-state index contributed by atoms with van der Waals surface area (Å²) in [5, 5.41) is 27.5. The van der Waals surface area contributed by atoms with E-state index < -0.39 is 30.3 Å². The average Bonchev–Trinajstić information content (AvgIpc) is 2.88. The SMILES string of the molecule is O=C(O)c1ccc(Oc2ccc3c(c2)COB3O)nc1C(=O)O. The number of nitrogens with zero attached hydrogens (tertiary/aromatic N) is 1. The van der Waals surface area contributed by atoms with Crippen LogP contribution in [-0.2, 0) is 11.3 Å². The molecule has 1 aromatic heterocycles. The standard InChI is InChI=1S/C14H10BNO7/c17-13(18)9-2-4-11(16-12(9)14(19)20)23-8-1-3-10-7(5-8)6-22-15(10)21/h1-5,21H,6H2,(H,17,18)(H,19,20). The summed E-state index contributed by atoms with van der Waals surface area (Å²) in [7, 11) is -0.967. The number of aromatic carboxylic acids is 2. The van der Waals surface area contributed by atoms with Crippen LogP contribution >= 0.6 is 0 Å². The maximum absolute atomic E-state index is 11.1. The first-order chi connectivity index (χ1) is 11.0. The van der Waals surface area contributed by atoms with Crippen LogP contribution in [0.4, 0.5) is 0 Å². The quantitative estimate of drug-likeness (QED) is 0.696. The summed E-state index contributed by atoms with van der Waals surface area (Å²) in [5.74, 6) is -2.52. The molecule has 0 bridgehead atoms. The molecular weight excluding hydrogens is 305 g/mol. The lowest BCUT2D eigenvalue weighted by Gasteiger charge is -2.08. The van der Waals surface area contributed by atoms with Crippen LogP contribution in [0.25, 0.3) is 0 Å². The first-order valence-corrected chi connectivity index (χ1v) is 6.53. The predicted octanol–water partition coefficient (Wildman–Crippen LogP) is 0.488. The Morgan fingerprint density at radius 3 is 2.65 bits per heavy atom. The van der Waals surface area contributed by atoms with Crippen LogP contribution in [0, 0.1) is 0 Å². The Morgan fingerprint density at radius 1 is 1.17 bits per heavy atom. The van der Waals surface area contributed by atoms with E-state index in [9.17, 15) is 14.6 Å². The van der Waals surface area contributed by atoms with E-state index in [0.29, 0.717) is 11.2 Å². The molecule has 23 heavy (non-hydrogen) atoms. The smallest absolute Gasteiger partial charge is 0.478 e. The Hall–Kier alpha value is -2.91. The molecule has 1 aliphatic rings. The van der Waals surface area contributed by atoms with E-state index in [0.717, 1.165) is 11.6 Å². The van der Waals surface area contributed by atoms with Crippen molar-refractivity contribution in [3.05, 3.63) is 47.2 Å². The molecule has 9 heteroatoms. The van der Waals surface area contributed by atoms with Crippen LogP contribution in [0.1, 0.15) is 26.4 Å². The molecule has 1 aliphatic heterocycles. The third-order valence-electron chi connectivity index (χ3n) is 3.30. The van der Waals surface area contributed by atoms with Crippen molar-refractivity contribution in [1.29, 1.82) is 0 Å². The van der Waals surface area contributed by atoms with Gasteiger partial charge < -0.3 is 24.6 Å². The van der Waals surface area contributed by atoms with Crippen molar-refractivity contribution >= 4 is 24.5 Å². The summed E-state index contributed by atoms with van der Waals surface area (Å²) < 4.78 is 10.5. The molecule has 1 aromatic carbocycles. The van der Waals surface area contributed by atoms with Crippen molar-refractivity contribution < 1.29 is 34.2 Å². The van der Waals surface area contributed by atoms with Gasteiger partial charge in [0.05, 0.1) is 12.2 Å². The summed E-state index contributed by atoms with van der Waals surface area (Å²) in [6, 6.07) is 7.23. The summed E-state index contributed by atoms with van der Waals surface area (Å²) >= 11 is 0. The molecule has 0 aliphatic carbocycles. The van der Waals surface area contributed by atoms with Gasteiger partial charge in [-0.1, -0.05) is 6.07 Å². The van der Waals surface area contributed by atoms with Gasteiger partial charge in [-0.2, -0.15) is 0 Å². The maximum atomic E-state index is 11.1. The van der Waals surface area contributed by atoms with E-state index in [1.807, 2.05) is 0 Å². The first kappa shape index (κ1) is 15.0. The summed E-state index contributed by atoms with van der Waals surface area (Å²) in [5.41, 5.74) is 0.360. The normalized spacial score (nSPS) is 12.8. The fourth-order valence-corrected chi connectivity index (χ4v) is 2.22. The molecule has 0 amide bonds. The van der Waals surface area contributed by atoms with Gasteiger partial charge in [-0.25, -0.2) is 14.6 Å². The molecule has 0 radical (unpaired) electrons. The Balaban J connectivity index is 1.90. The van der Waals surface area contributed by atoms with Crippen molar-refractivity contribution in [3.8, 4) is 11.6 Å². The molecule has 8 nitrogen and oxygen atoms in total. The molecule has 3 N–H and O–H groups in total. The molecule has 3 rings (SSSR count). The zero-order valence-corrected chi connectivity index (χ0v) is 11.6. The fourth-order valence-electron chi connectivity index (χ4n) is 2.22. The van der Waals surface area contributed by atoms with Gasteiger partial charge in [0.2, 0.25) is 5.88 Å². The van der Waals surface area contributed by atoms with Crippen LogP contribution in [0.5, 0.6) is 11.6 Å². The van der Waals surface area contributed by atoms with Crippen LogP contribution in [0.2, 0.25) is 0 Å². The highest BCUT2D eigenvalue weighted by Gasteiger charge is 2.27. The monoisotopic (exact) mass is 315 g/mol. The van der Waals surface area contributed by atoms with Gasteiger partial charge in [-0.15, -0.1) is 0 Å². The third-order valence-corrected chi connectivity index (χ3v) is 3.30. The Labute approximate surface area is 130 Å². The van der Waals surface area contributed by atoms with E-state index in [4.69, 9.17) is 19.6 Å². The van der Waals surface area contributed by atoms with Crippen molar-refractivity contribution in [2.45, 2.75) is 6.61 Å². The molecule has 0 saturated heterocycles. The zero-order chi connectivity index (χ0) is 16.6. The lowest BCUT2D eigenvalue weighted by Crippen LogP contribution is -2.27. The number of benzene rings is 1. The number of aromatic nitrogens is 1. The molecule has 0 fully saturated rings. The van der Waals surface area contributed by atoms with Crippen molar-refractivity contribution in [1.82, 2.24) is 4.98 Å². The van der Waals surface area contributed by atoms with Gasteiger partial charge in [0.1, 0.15) is 5.75 Å². The second-order valence-electron chi connectivity index (χ2n) is 4.78. The average molecular weight is 315 g/mol. The molecule has 0 atom stereocenters. The minimum absolute atomic E-state index is 0.0492. The van der Waals surface area contributed by atoms with Crippen molar-refractivity contribution in [2.24, 2.45) is 0 Å².